The second-order valence-electron chi connectivity index (χ2n) is 8.73. The molecule has 0 aliphatic heterocycles. The standard InChI is InChI=1S/C28H28N6/c1-17(2)32-21-6-5-7-22(15-21)33-27-24-10-8-18(3)26(23(24)12-13-30-27)19-9-11-25-20(14-19)16-31-28(29-4)34-25/h5-17,32H,1-4H3,(H,30,33)(H,29,31,34). The lowest BCUT2D eigenvalue weighted by atomic mass is 9.94. The maximum absolute atomic E-state index is 4.67. The fraction of sp³-hybridized carbons (Fsp3) is 0.179. The van der Waals surface area contributed by atoms with Gasteiger partial charge < -0.3 is 16.0 Å². The summed E-state index contributed by atoms with van der Waals surface area (Å²) in [5, 5.41) is 13.2. The van der Waals surface area contributed by atoms with Crippen molar-refractivity contribution in [1.82, 2.24) is 15.0 Å². The van der Waals surface area contributed by atoms with Crippen LogP contribution >= 0.6 is 0 Å². The summed E-state index contributed by atoms with van der Waals surface area (Å²) in [6.45, 7) is 6.41. The summed E-state index contributed by atoms with van der Waals surface area (Å²) >= 11 is 0. The summed E-state index contributed by atoms with van der Waals surface area (Å²) in [5.74, 6) is 1.46. The Labute approximate surface area is 199 Å². The van der Waals surface area contributed by atoms with Crippen LogP contribution in [-0.4, -0.2) is 28.0 Å². The number of hydrogen-bond donors (Lipinski definition) is 3. The van der Waals surface area contributed by atoms with Crippen molar-refractivity contribution in [3.05, 3.63) is 78.6 Å². The first-order valence-electron chi connectivity index (χ1n) is 11.5. The molecule has 2 aromatic heterocycles. The van der Waals surface area contributed by atoms with E-state index >= 15 is 0 Å². The topological polar surface area (TPSA) is 74.8 Å². The van der Waals surface area contributed by atoms with Gasteiger partial charge in [-0.3, -0.25) is 0 Å². The van der Waals surface area contributed by atoms with Crippen LogP contribution in [0.4, 0.5) is 23.1 Å². The van der Waals surface area contributed by atoms with E-state index in [1.54, 1.807) is 0 Å². The lowest BCUT2D eigenvalue weighted by Gasteiger charge is -2.16. The number of benzene rings is 3. The van der Waals surface area contributed by atoms with Crippen molar-refractivity contribution in [3.8, 4) is 11.1 Å². The summed E-state index contributed by atoms with van der Waals surface area (Å²) in [6.07, 6.45) is 3.73. The molecular weight excluding hydrogens is 420 g/mol. The molecular formula is C28H28N6. The Morgan fingerprint density at radius 1 is 0.853 bits per heavy atom. The minimum atomic E-state index is 0.369. The first-order valence-corrected chi connectivity index (χ1v) is 11.5. The van der Waals surface area contributed by atoms with Crippen LogP contribution in [0.25, 0.3) is 32.8 Å². The molecule has 0 fully saturated rings. The maximum Gasteiger partial charge on any atom is 0.222 e. The fourth-order valence-corrected chi connectivity index (χ4v) is 4.31. The lowest BCUT2D eigenvalue weighted by Crippen LogP contribution is -2.09. The molecule has 0 bridgehead atoms. The van der Waals surface area contributed by atoms with Crippen LogP contribution in [0.3, 0.4) is 0 Å². The van der Waals surface area contributed by atoms with Crippen LogP contribution < -0.4 is 16.0 Å². The van der Waals surface area contributed by atoms with Crippen LogP contribution in [0.1, 0.15) is 19.4 Å². The molecule has 0 saturated heterocycles. The predicted molar refractivity (Wildman–Crippen MR) is 143 cm³/mol. The van der Waals surface area contributed by atoms with Crippen molar-refractivity contribution < 1.29 is 0 Å². The van der Waals surface area contributed by atoms with Crippen LogP contribution in [0.2, 0.25) is 0 Å². The lowest BCUT2D eigenvalue weighted by molar-refractivity contribution is 0.900. The van der Waals surface area contributed by atoms with Gasteiger partial charge in [0, 0.05) is 47.6 Å². The summed E-state index contributed by atoms with van der Waals surface area (Å²) < 4.78 is 0. The number of fused-ring (bicyclic) bond motifs is 2. The normalized spacial score (nSPS) is 11.2. The average Bonchev–Trinajstić information content (AvgIpc) is 2.83. The highest BCUT2D eigenvalue weighted by atomic mass is 15.1. The largest absolute Gasteiger partial charge is 0.383 e. The molecule has 3 N–H and O–H groups in total. The summed E-state index contributed by atoms with van der Waals surface area (Å²) in [6, 6.07) is 21.4. The quantitative estimate of drug-likeness (QED) is 0.266. The Morgan fingerprint density at radius 3 is 2.53 bits per heavy atom. The van der Waals surface area contributed by atoms with Gasteiger partial charge in [0.2, 0.25) is 5.95 Å². The highest BCUT2D eigenvalue weighted by molar-refractivity contribution is 6.04. The molecule has 5 aromatic rings. The van der Waals surface area contributed by atoms with Crippen LogP contribution in [-0.2, 0) is 0 Å². The number of rotatable bonds is 6. The molecule has 6 nitrogen and oxygen atoms in total. The maximum atomic E-state index is 4.67. The number of hydrogen-bond acceptors (Lipinski definition) is 6. The van der Waals surface area contributed by atoms with Crippen molar-refractivity contribution >= 4 is 44.8 Å². The molecule has 3 aromatic carbocycles. The molecule has 0 aliphatic carbocycles. The number of nitrogens with one attached hydrogen (secondary N) is 3. The zero-order chi connectivity index (χ0) is 23.7. The molecule has 0 saturated carbocycles. The Morgan fingerprint density at radius 2 is 1.71 bits per heavy atom. The van der Waals surface area contributed by atoms with Gasteiger partial charge in [-0.05, 0) is 79.2 Å². The van der Waals surface area contributed by atoms with E-state index in [0.717, 1.165) is 44.4 Å². The Bertz CT molecular complexity index is 1490. The van der Waals surface area contributed by atoms with Crippen molar-refractivity contribution in [1.29, 1.82) is 0 Å². The van der Waals surface area contributed by atoms with Gasteiger partial charge in [-0.2, -0.15) is 0 Å². The molecule has 5 rings (SSSR count). The molecule has 0 atom stereocenters. The smallest absolute Gasteiger partial charge is 0.222 e. The van der Waals surface area contributed by atoms with Gasteiger partial charge in [-0.25, -0.2) is 15.0 Å². The Kier molecular flexibility index (Phi) is 5.72. The van der Waals surface area contributed by atoms with Crippen molar-refractivity contribution in [2.45, 2.75) is 26.8 Å². The average molecular weight is 449 g/mol. The summed E-state index contributed by atoms with van der Waals surface area (Å²) in [7, 11) is 1.83. The molecule has 0 aliphatic rings. The molecule has 34 heavy (non-hydrogen) atoms. The van der Waals surface area contributed by atoms with E-state index in [1.807, 2.05) is 25.5 Å². The van der Waals surface area contributed by atoms with Gasteiger partial charge in [0.15, 0.2) is 0 Å². The molecule has 0 spiro atoms. The van der Waals surface area contributed by atoms with Gasteiger partial charge in [0.05, 0.1) is 5.52 Å². The number of aromatic nitrogens is 3. The van der Waals surface area contributed by atoms with Crippen molar-refractivity contribution in [2.24, 2.45) is 0 Å². The fourth-order valence-electron chi connectivity index (χ4n) is 4.31. The van der Waals surface area contributed by atoms with E-state index in [0.29, 0.717) is 12.0 Å². The second-order valence-corrected chi connectivity index (χ2v) is 8.73. The van der Waals surface area contributed by atoms with Crippen LogP contribution in [0.5, 0.6) is 0 Å². The summed E-state index contributed by atoms with van der Waals surface area (Å²) in [4.78, 5) is 13.6. The highest BCUT2D eigenvalue weighted by Crippen LogP contribution is 2.36. The zero-order valence-electron chi connectivity index (χ0n) is 19.8. The van der Waals surface area contributed by atoms with E-state index in [4.69, 9.17) is 0 Å². The van der Waals surface area contributed by atoms with E-state index < -0.39 is 0 Å². The minimum absolute atomic E-state index is 0.369. The summed E-state index contributed by atoms with van der Waals surface area (Å²) in [5.41, 5.74) is 6.53. The van der Waals surface area contributed by atoms with E-state index in [2.05, 4.69) is 106 Å². The first kappa shape index (κ1) is 21.6. The number of pyridine rings is 1. The third kappa shape index (κ3) is 4.22. The minimum Gasteiger partial charge on any atom is -0.383 e. The van der Waals surface area contributed by atoms with Gasteiger partial charge >= 0.3 is 0 Å². The van der Waals surface area contributed by atoms with Crippen molar-refractivity contribution in [3.63, 3.8) is 0 Å². The van der Waals surface area contributed by atoms with Gasteiger partial charge in [-0.1, -0.05) is 24.3 Å². The third-order valence-corrected chi connectivity index (χ3v) is 5.83. The third-order valence-electron chi connectivity index (χ3n) is 5.83. The number of nitrogens with zero attached hydrogens (tertiary/aromatic N) is 3. The predicted octanol–water partition coefficient (Wildman–Crippen LogP) is 6.76. The molecule has 0 unspecified atom stereocenters. The van der Waals surface area contributed by atoms with Gasteiger partial charge in [0.25, 0.3) is 0 Å². The molecule has 0 radical (unpaired) electrons. The van der Waals surface area contributed by atoms with E-state index in [9.17, 15) is 0 Å². The molecule has 6 heteroatoms. The molecule has 170 valence electrons. The second kappa shape index (κ2) is 8.98. The van der Waals surface area contributed by atoms with Crippen LogP contribution in [0, 0.1) is 6.92 Å². The van der Waals surface area contributed by atoms with Crippen LogP contribution in [0.15, 0.2) is 73.1 Å². The number of anilines is 4. The van der Waals surface area contributed by atoms with Gasteiger partial charge in [0.1, 0.15) is 5.82 Å². The van der Waals surface area contributed by atoms with E-state index in [1.165, 1.54) is 11.1 Å². The van der Waals surface area contributed by atoms with E-state index in [-0.39, 0.29) is 0 Å². The Hall–Kier alpha value is -4.19. The monoisotopic (exact) mass is 448 g/mol. The molecule has 2 heterocycles. The zero-order valence-corrected chi connectivity index (χ0v) is 19.8. The molecule has 0 amide bonds. The van der Waals surface area contributed by atoms with Crippen molar-refractivity contribution in [2.75, 3.05) is 23.0 Å². The SMILES string of the molecule is CNc1ncc2cc(-c3c(C)ccc4c(Nc5cccc(NC(C)C)c5)nccc34)ccc2n1. The Balaban J connectivity index is 1.58. The number of aryl methyl sites for hydroxylation is 1. The highest BCUT2D eigenvalue weighted by Gasteiger charge is 2.12. The first-order chi connectivity index (χ1) is 16.5. The van der Waals surface area contributed by atoms with Gasteiger partial charge in [-0.15, -0.1) is 0 Å².